The van der Waals surface area contributed by atoms with Gasteiger partial charge in [-0.1, -0.05) is 42.0 Å². The summed E-state index contributed by atoms with van der Waals surface area (Å²) in [6.45, 7) is 1.33. The summed E-state index contributed by atoms with van der Waals surface area (Å²) in [5.74, 6) is -1.52. The van der Waals surface area contributed by atoms with Crippen LogP contribution in [0.15, 0.2) is 60.7 Å². The van der Waals surface area contributed by atoms with Crippen LogP contribution in [0, 0.1) is 6.92 Å². The highest BCUT2D eigenvalue weighted by molar-refractivity contribution is 5.95. The second-order valence-electron chi connectivity index (χ2n) is 6.63. The van der Waals surface area contributed by atoms with Crippen molar-refractivity contribution < 1.29 is 19.1 Å². The molecule has 2 amide bonds. The van der Waals surface area contributed by atoms with Crippen molar-refractivity contribution in [2.75, 3.05) is 25.5 Å². The Kier molecular flexibility index (Phi) is 6.19. The Labute approximate surface area is 168 Å². The maximum atomic E-state index is 12.2. The molecule has 0 aliphatic rings. The first-order chi connectivity index (χ1) is 13.9. The van der Waals surface area contributed by atoms with E-state index in [1.807, 2.05) is 37.3 Å². The summed E-state index contributed by atoms with van der Waals surface area (Å²) in [4.78, 5) is 41.9. The zero-order valence-corrected chi connectivity index (χ0v) is 16.2. The third kappa shape index (κ3) is 5.38. The zero-order valence-electron chi connectivity index (χ0n) is 16.2. The first-order valence-electron chi connectivity index (χ1n) is 9.06. The molecule has 0 radical (unpaired) electrons. The summed E-state index contributed by atoms with van der Waals surface area (Å²) in [6.07, 6.45) is 0. The summed E-state index contributed by atoms with van der Waals surface area (Å²) >= 11 is 0. The molecule has 0 saturated carbocycles. The number of anilines is 1. The van der Waals surface area contributed by atoms with Crippen molar-refractivity contribution in [2.45, 2.75) is 6.92 Å². The van der Waals surface area contributed by atoms with Crippen molar-refractivity contribution in [2.24, 2.45) is 0 Å². The largest absolute Gasteiger partial charge is 0.451 e. The van der Waals surface area contributed by atoms with Crippen LogP contribution >= 0.6 is 0 Å². The molecule has 1 N–H and O–H groups in total. The van der Waals surface area contributed by atoms with Crippen molar-refractivity contribution in [3.05, 3.63) is 71.9 Å². The molecule has 0 saturated heterocycles. The minimum atomic E-state index is -0.693. The van der Waals surface area contributed by atoms with Gasteiger partial charge >= 0.3 is 5.97 Å². The summed E-state index contributed by atoms with van der Waals surface area (Å²) < 4.78 is 5.05. The van der Waals surface area contributed by atoms with E-state index < -0.39 is 18.5 Å². The number of nitrogens with one attached hydrogen (secondary N) is 1. The van der Waals surface area contributed by atoms with Crippen LogP contribution in [-0.4, -0.2) is 47.9 Å². The van der Waals surface area contributed by atoms with Crippen LogP contribution in [0.1, 0.15) is 16.1 Å². The van der Waals surface area contributed by atoms with Gasteiger partial charge in [-0.15, -0.1) is 0 Å². The van der Waals surface area contributed by atoms with Gasteiger partial charge < -0.3 is 15.0 Å². The number of fused-ring (bicyclic) bond motifs is 1. The Morgan fingerprint density at radius 2 is 1.72 bits per heavy atom. The van der Waals surface area contributed by atoms with E-state index in [4.69, 9.17) is 4.74 Å². The lowest BCUT2D eigenvalue weighted by atomic mass is 10.2. The number of carbonyl (C=O) groups excluding carboxylic acids is 3. The molecule has 0 fully saturated rings. The lowest BCUT2D eigenvalue weighted by molar-refractivity contribution is -0.136. The number of carbonyl (C=O) groups is 3. The summed E-state index contributed by atoms with van der Waals surface area (Å²) in [5, 5.41) is 3.61. The molecule has 0 bridgehead atoms. The number of aromatic nitrogens is 1. The lowest BCUT2D eigenvalue weighted by Crippen LogP contribution is -2.37. The third-order valence-electron chi connectivity index (χ3n) is 4.28. The number of esters is 1. The van der Waals surface area contributed by atoms with Gasteiger partial charge in [-0.3, -0.25) is 9.59 Å². The Hall–Kier alpha value is -3.74. The van der Waals surface area contributed by atoms with Gasteiger partial charge in [0, 0.05) is 18.1 Å². The van der Waals surface area contributed by atoms with E-state index in [2.05, 4.69) is 10.3 Å². The quantitative estimate of drug-likeness (QED) is 0.653. The van der Waals surface area contributed by atoms with Crippen molar-refractivity contribution in [1.29, 1.82) is 0 Å². The molecule has 7 heteroatoms. The van der Waals surface area contributed by atoms with Gasteiger partial charge in [-0.05, 0) is 31.2 Å². The number of hydrogen-bond acceptors (Lipinski definition) is 5. The number of ether oxygens (including phenoxy) is 1. The number of nitrogens with zero attached hydrogens (tertiary/aromatic N) is 2. The molecule has 148 valence electrons. The van der Waals surface area contributed by atoms with E-state index in [9.17, 15) is 14.4 Å². The number of hydrogen-bond donors (Lipinski definition) is 1. The Balaban J connectivity index is 1.50. The molecule has 2 aromatic carbocycles. The predicted octanol–water partition coefficient (Wildman–Crippen LogP) is 2.80. The van der Waals surface area contributed by atoms with E-state index in [1.54, 1.807) is 30.3 Å². The molecule has 7 nitrogen and oxygen atoms in total. The second kappa shape index (κ2) is 8.97. The molecule has 0 aliphatic heterocycles. The highest BCUT2D eigenvalue weighted by Crippen LogP contribution is 2.12. The number of amides is 2. The molecule has 3 aromatic rings. The first-order valence-corrected chi connectivity index (χ1v) is 9.06. The maximum Gasteiger partial charge on any atom is 0.357 e. The van der Waals surface area contributed by atoms with E-state index in [1.165, 1.54) is 11.9 Å². The number of likely N-dealkylation sites (N-methyl/N-ethyl adjacent to an activating group) is 1. The smallest absolute Gasteiger partial charge is 0.357 e. The third-order valence-corrected chi connectivity index (χ3v) is 4.28. The standard InChI is InChI=1S/C22H21N3O4/c1-15-7-10-17(11-8-15)23-20(26)13-25(2)21(27)14-29-22(28)19-12-9-16-5-3-4-6-18(16)24-19/h3-12H,13-14H2,1-2H3,(H,23,26). The highest BCUT2D eigenvalue weighted by atomic mass is 16.5. The molecular formula is C22H21N3O4. The molecular weight excluding hydrogens is 370 g/mol. The average Bonchev–Trinajstić information content (AvgIpc) is 2.72. The van der Waals surface area contributed by atoms with Crippen LogP contribution in [0.2, 0.25) is 0 Å². The van der Waals surface area contributed by atoms with Crippen molar-refractivity contribution >= 4 is 34.4 Å². The summed E-state index contributed by atoms with van der Waals surface area (Å²) in [5.41, 5.74) is 2.52. The number of benzene rings is 2. The number of aryl methyl sites for hydroxylation is 1. The van der Waals surface area contributed by atoms with E-state index in [0.717, 1.165) is 10.9 Å². The van der Waals surface area contributed by atoms with Crippen LogP contribution in [0.5, 0.6) is 0 Å². The minimum absolute atomic E-state index is 0.122. The fourth-order valence-electron chi connectivity index (χ4n) is 2.63. The summed E-state index contributed by atoms with van der Waals surface area (Å²) in [7, 11) is 1.47. The molecule has 0 atom stereocenters. The van der Waals surface area contributed by atoms with Gasteiger partial charge in [0.05, 0.1) is 12.1 Å². The van der Waals surface area contributed by atoms with Crippen molar-refractivity contribution in [3.8, 4) is 0 Å². The van der Waals surface area contributed by atoms with Gasteiger partial charge in [-0.2, -0.15) is 0 Å². The molecule has 0 spiro atoms. The first kappa shape index (κ1) is 20.0. The number of para-hydroxylation sites is 1. The molecule has 0 aliphatic carbocycles. The summed E-state index contributed by atoms with van der Waals surface area (Å²) in [6, 6.07) is 18.0. The monoisotopic (exact) mass is 391 g/mol. The molecule has 1 heterocycles. The van der Waals surface area contributed by atoms with Crippen molar-refractivity contribution in [1.82, 2.24) is 9.88 Å². The van der Waals surface area contributed by atoms with Crippen LogP contribution in [-0.2, 0) is 14.3 Å². The van der Waals surface area contributed by atoms with Crippen LogP contribution in [0.25, 0.3) is 10.9 Å². The lowest BCUT2D eigenvalue weighted by Gasteiger charge is -2.16. The van der Waals surface area contributed by atoms with E-state index in [0.29, 0.717) is 11.2 Å². The minimum Gasteiger partial charge on any atom is -0.451 e. The van der Waals surface area contributed by atoms with Crippen molar-refractivity contribution in [3.63, 3.8) is 0 Å². The predicted molar refractivity (Wildman–Crippen MR) is 109 cm³/mol. The highest BCUT2D eigenvalue weighted by Gasteiger charge is 2.17. The molecule has 1 aromatic heterocycles. The number of rotatable bonds is 6. The fraction of sp³-hybridized carbons (Fsp3) is 0.182. The van der Waals surface area contributed by atoms with Gasteiger partial charge in [0.2, 0.25) is 5.91 Å². The topological polar surface area (TPSA) is 88.6 Å². The van der Waals surface area contributed by atoms with E-state index >= 15 is 0 Å². The van der Waals surface area contributed by atoms with E-state index in [-0.39, 0.29) is 18.1 Å². The maximum absolute atomic E-state index is 12.2. The number of pyridine rings is 1. The molecule has 29 heavy (non-hydrogen) atoms. The Bertz CT molecular complexity index is 1050. The fourth-order valence-corrected chi connectivity index (χ4v) is 2.63. The van der Waals surface area contributed by atoms with Gasteiger partial charge in [-0.25, -0.2) is 9.78 Å². The van der Waals surface area contributed by atoms with Crippen LogP contribution < -0.4 is 5.32 Å². The SMILES string of the molecule is Cc1ccc(NC(=O)CN(C)C(=O)COC(=O)c2ccc3ccccc3n2)cc1. The van der Waals surface area contributed by atoms with Gasteiger partial charge in [0.25, 0.3) is 5.91 Å². The zero-order chi connectivity index (χ0) is 20.8. The van der Waals surface area contributed by atoms with Gasteiger partial charge in [0.15, 0.2) is 6.61 Å². The Morgan fingerprint density at radius 3 is 2.48 bits per heavy atom. The average molecular weight is 391 g/mol. The molecule has 0 unspecified atom stereocenters. The normalized spacial score (nSPS) is 10.4. The molecule has 3 rings (SSSR count). The second-order valence-corrected chi connectivity index (χ2v) is 6.63. The van der Waals surface area contributed by atoms with Crippen LogP contribution in [0.3, 0.4) is 0 Å². The Morgan fingerprint density at radius 1 is 1.00 bits per heavy atom. The van der Waals surface area contributed by atoms with Gasteiger partial charge in [0.1, 0.15) is 5.69 Å². The van der Waals surface area contributed by atoms with Crippen LogP contribution in [0.4, 0.5) is 5.69 Å².